The molecule has 4 aromatic heterocycles. The van der Waals surface area contributed by atoms with Crippen LogP contribution < -0.4 is 22.0 Å². The SMILES string of the molecule is CC.CC.CC.CC.CC1n2c3c4ccccc4c2N=C2N=C(N=c4c5ccccc5c(n41)=NC1=NC(=N3)c3ccccc31)c1ccccc12.CC1n2c3c4ccccc4c2N=C2N=C(N=c4c5ccccc5c(n41)=NC1=NC(=N3)c3ccccc31)c1ccccc12. The number of aromatic nitrogens is 4. The number of hydrogen-bond acceptors (Lipinski definition) is 12. The number of nitrogens with zero attached hydrogens (tertiary/aromatic N) is 16. The molecule has 8 aromatic carbocycles. The average Bonchev–Trinajstić information content (AvgIpc) is 1.57. The molecule has 2 unspecified atom stereocenters. The van der Waals surface area contributed by atoms with Gasteiger partial charge in [0.2, 0.25) is 0 Å². The summed E-state index contributed by atoms with van der Waals surface area (Å²) in [6.07, 6.45) is -0.549. The zero-order valence-corrected chi connectivity index (χ0v) is 52.8. The first-order chi connectivity index (χ1) is 45.5. The third kappa shape index (κ3) is 8.42. The topological polar surface area (TPSA) is 168 Å². The first-order valence-corrected chi connectivity index (χ1v) is 32.0. The van der Waals surface area contributed by atoms with Gasteiger partial charge in [-0.05, 0) is 13.8 Å². The van der Waals surface area contributed by atoms with Crippen LogP contribution in [0.5, 0.6) is 0 Å². The number of amidine groups is 8. The molecule has 12 heterocycles. The quantitative estimate of drug-likeness (QED) is 0.141. The van der Waals surface area contributed by atoms with Crippen LogP contribution in [0.4, 0.5) is 23.3 Å². The van der Waals surface area contributed by atoms with Crippen LogP contribution in [0.3, 0.4) is 0 Å². The second-order valence-corrected chi connectivity index (χ2v) is 21.6. The summed E-state index contributed by atoms with van der Waals surface area (Å²) < 4.78 is 8.80. The van der Waals surface area contributed by atoms with E-state index in [9.17, 15) is 0 Å². The Morgan fingerprint density at radius 1 is 0.196 bits per heavy atom. The smallest absolute Gasteiger partial charge is 0.164 e. The Bertz CT molecular complexity index is 4990. The molecule has 8 aliphatic heterocycles. The van der Waals surface area contributed by atoms with Crippen molar-refractivity contribution in [1.82, 2.24) is 18.3 Å². The number of hydrogen-bond donors (Lipinski definition) is 0. The second-order valence-electron chi connectivity index (χ2n) is 21.6. The zero-order chi connectivity index (χ0) is 63.1. The van der Waals surface area contributed by atoms with Gasteiger partial charge in [-0.25, -0.2) is 59.9 Å². The van der Waals surface area contributed by atoms with Crippen molar-refractivity contribution < 1.29 is 0 Å². The van der Waals surface area contributed by atoms with Gasteiger partial charge >= 0.3 is 0 Å². The van der Waals surface area contributed by atoms with Crippen molar-refractivity contribution in [3.05, 3.63) is 261 Å². The minimum Gasteiger partial charge on any atom is -0.288 e. The van der Waals surface area contributed by atoms with Crippen molar-refractivity contribution in [2.45, 2.75) is 81.6 Å². The molecule has 16 nitrogen and oxygen atoms in total. The normalized spacial score (nSPS) is 16.2. The van der Waals surface area contributed by atoms with E-state index in [1.54, 1.807) is 0 Å². The molecule has 92 heavy (non-hydrogen) atoms. The van der Waals surface area contributed by atoms with Crippen molar-refractivity contribution in [3.8, 4) is 0 Å². The summed E-state index contributed by atoms with van der Waals surface area (Å²) >= 11 is 0. The third-order valence-electron chi connectivity index (χ3n) is 17.1. The van der Waals surface area contributed by atoms with Gasteiger partial charge in [0.05, 0.1) is 0 Å². The number of rotatable bonds is 0. The van der Waals surface area contributed by atoms with Gasteiger partial charge in [-0.1, -0.05) is 250 Å². The fourth-order valence-corrected chi connectivity index (χ4v) is 13.4. The predicted molar refractivity (Wildman–Crippen MR) is 375 cm³/mol. The van der Waals surface area contributed by atoms with Crippen LogP contribution in [-0.2, 0) is 0 Å². The van der Waals surface area contributed by atoms with E-state index in [0.717, 1.165) is 133 Å². The molecule has 0 saturated carbocycles. The molecule has 2 atom stereocenters. The maximum atomic E-state index is 5.27. The summed E-state index contributed by atoms with van der Waals surface area (Å²) in [5, 5.41) is 8.01. The van der Waals surface area contributed by atoms with Gasteiger partial charge in [0.15, 0.2) is 46.7 Å². The number of benzene rings is 8. The van der Waals surface area contributed by atoms with E-state index >= 15 is 0 Å². The second kappa shape index (κ2) is 22.8. The lowest BCUT2D eigenvalue weighted by Gasteiger charge is -2.21. The van der Waals surface area contributed by atoms with Crippen LogP contribution in [-0.4, -0.2) is 65.0 Å². The van der Waals surface area contributed by atoms with Crippen molar-refractivity contribution >= 4 is 113 Å². The molecule has 0 saturated heterocycles. The minimum atomic E-state index is -0.275. The molecule has 0 N–H and O–H groups in total. The predicted octanol–water partition coefficient (Wildman–Crippen LogP) is 15.3. The maximum absolute atomic E-state index is 5.27. The van der Waals surface area contributed by atoms with Crippen molar-refractivity contribution in [2.75, 3.05) is 0 Å². The van der Waals surface area contributed by atoms with Gasteiger partial charge in [0, 0.05) is 87.6 Å². The van der Waals surface area contributed by atoms with Gasteiger partial charge in [0.25, 0.3) is 0 Å². The van der Waals surface area contributed by atoms with E-state index in [4.69, 9.17) is 59.9 Å². The summed E-state index contributed by atoms with van der Waals surface area (Å²) in [5.41, 5.74) is 10.9. The highest BCUT2D eigenvalue weighted by Crippen LogP contribution is 2.45. The largest absolute Gasteiger partial charge is 0.288 e. The van der Waals surface area contributed by atoms with Gasteiger partial charge in [-0.2, -0.15) is 0 Å². The molecule has 0 aliphatic carbocycles. The lowest BCUT2D eigenvalue weighted by molar-refractivity contribution is 0.454. The van der Waals surface area contributed by atoms with E-state index < -0.39 is 0 Å². The van der Waals surface area contributed by atoms with Crippen LogP contribution in [0.2, 0.25) is 0 Å². The summed E-state index contributed by atoms with van der Waals surface area (Å²) in [5.74, 6) is 8.34. The van der Waals surface area contributed by atoms with Crippen molar-refractivity contribution in [1.29, 1.82) is 0 Å². The van der Waals surface area contributed by atoms with E-state index in [1.807, 2.05) is 152 Å². The summed E-state index contributed by atoms with van der Waals surface area (Å²) in [6.45, 7) is 20.3. The highest BCUT2D eigenvalue weighted by Gasteiger charge is 2.35. The minimum absolute atomic E-state index is 0.275. The van der Waals surface area contributed by atoms with Crippen LogP contribution in [0, 0.1) is 0 Å². The summed E-state index contributed by atoms with van der Waals surface area (Å²) in [6, 6.07) is 66.0. The Balaban J connectivity index is 0.000000138. The fraction of sp³-hybridized carbons (Fsp3) is 0.158. The Labute approximate surface area is 530 Å². The molecule has 0 radical (unpaired) electrons. The van der Waals surface area contributed by atoms with E-state index in [-0.39, 0.29) is 12.3 Å². The molecule has 0 amide bonds. The monoisotopic (exact) mass is 1200 g/mol. The molecule has 8 aliphatic rings. The van der Waals surface area contributed by atoms with Crippen LogP contribution >= 0.6 is 0 Å². The highest BCUT2D eigenvalue weighted by atomic mass is 15.3. The molecule has 12 aromatic rings. The van der Waals surface area contributed by atoms with Gasteiger partial charge in [-0.3, -0.25) is 18.3 Å². The van der Waals surface area contributed by atoms with Crippen molar-refractivity contribution in [2.24, 2.45) is 59.9 Å². The average molecular weight is 1200 g/mol. The molecule has 12 bridgehead atoms. The zero-order valence-electron chi connectivity index (χ0n) is 52.8. The molecule has 448 valence electrons. The third-order valence-corrected chi connectivity index (χ3v) is 17.1. The standard InChI is InChI=1S/2C34H20N8.4C2H6/c2*1-18-41-31-23-14-6-7-15-24(23)33(41)39-29-21-12-4-5-13-22(21)30(36-29)40-34-26-17-9-8-16-25(26)32(42(18)34)38-28-20-11-3-2-10-19(20)27(35-28)37-31;4*1-2/h2*2-18H,1H3;4*1-2H3. The Kier molecular flexibility index (Phi) is 14.1. The fourth-order valence-electron chi connectivity index (χ4n) is 13.4. The Hall–Kier alpha value is -11.5. The van der Waals surface area contributed by atoms with E-state index in [0.29, 0.717) is 46.7 Å². The van der Waals surface area contributed by atoms with Crippen LogP contribution in [0.25, 0.3) is 43.1 Å². The Morgan fingerprint density at radius 3 is 0.554 bits per heavy atom. The molecular formula is C76H64N16. The van der Waals surface area contributed by atoms with E-state index in [1.165, 1.54) is 0 Å². The van der Waals surface area contributed by atoms with Crippen LogP contribution in [0.15, 0.2) is 254 Å². The molecule has 0 spiro atoms. The Morgan fingerprint density at radius 2 is 0.359 bits per heavy atom. The first kappa shape index (κ1) is 57.0. The van der Waals surface area contributed by atoms with Gasteiger partial charge in [0.1, 0.15) is 57.6 Å². The molecule has 0 fully saturated rings. The number of aliphatic imine (C=N–C) groups is 8. The lowest BCUT2D eigenvalue weighted by Crippen LogP contribution is -2.35. The van der Waals surface area contributed by atoms with Crippen molar-refractivity contribution in [3.63, 3.8) is 0 Å². The first-order valence-electron chi connectivity index (χ1n) is 32.0. The molecule has 16 heteroatoms. The van der Waals surface area contributed by atoms with Gasteiger partial charge < -0.3 is 0 Å². The highest BCUT2D eigenvalue weighted by molar-refractivity contribution is 6.27. The molecule has 20 rings (SSSR count). The van der Waals surface area contributed by atoms with Gasteiger partial charge in [-0.15, -0.1) is 0 Å². The maximum Gasteiger partial charge on any atom is 0.164 e. The summed E-state index contributed by atoms with van der Waals surface area (Å²) in [7, 11) is 0. The number of fused-ring (bicyclic) bond motifs is 28. The van der Waals surface area contributed by atoms with E-state index in [2.05, 4.69) is 129 Å². The summed E-state index contributed by atoms with van der Waals surface area (Å²) in [4.78, 5) is 62.2. The van der Waals surface area contributed by atoms with Crippen LogP contribution in [0.1, 0.15) is 126 Å². The molecular weight excluding hydrogens is 1140 g/mol. The lowest BCUT2D eigenvalue weighted by atomic mass is 10.1.